The van der Waals surface area contributed by atoms with Gasteiger partial charge in [0.1, 0.15) is 5.75 Å². The molecule has 5 aromatic rings. The van der Waals surface area contributed by atoms with E-state index in [0.29, 0.717) is 18.2 Å². The molecule has 0 saturated heterocycles. The summed E-state index contributed by atoms with van der Waals surface area (Å²) in [5.41, 5.74) is 10.6. The first-order valence-corrected chi connectivity index (χ1v) is 17.9. The van der Waals surface area contributed by atoms with Crippen molar-refractivity contribution in [2.24, 2.45) is 14.1 Å². The zero-order valence-electron chi connectivity index (χ0n) is 30.7. The SMILES string of the molecule is CC(=O)O.Cc1cc(OCCCC(Cc2ccc3ccn(C)c3c2)c2ccc(Cl)c(-c3c(C)nn(C)c3C)c2NCC(C)NC=O)cc(C)c1Cl. The Kier molecular flexibility index (Phi) is 13.6. The second-order valence-corrected chi connectivity index (χ2v) is 14.0. The molecule has 2 heterocycles. The van der Waals surface area contributed by atoms with Gasteiger partial charge in [0, 0.05) is 72.9 Å². The van der Waals surface area contributed by atoms with Gasteiger partial charge in [-0.25, -0.2) is 0 Å². The van der Waals surface area contributed by atoms with Crippen LogP contribution in [0.3, 0.4) is 0 Å². The number of nitrogens with one attached hydrogen (secondary N) is 2. The zero-order chi connectivity index (χ0) is 37.4. The molecular weight excluding hydrogens is 685 g/mol. The monoisotopic (exact) mass is 733 g/mol. The molecule has 0 aliphatic heterocycles. The van der Waals surface area contributed by atoms with Gasteiger partial charge < -0.3 is 25.0 Å². The number of fused-ring (bicyclic) bond motifs is 1. The highest BCUT2D eigenvalue weighted by Gasteiger charge is 2.25. The number of aromatic nitrogens is 3. The summed E-state index contributed by atoms with van der Waals surface area (Å²) in [6.45, 7) is 12.3. The standard InChI is InChI=1S/C38H45Cl2N5O2.C2H4O2/c1-23-17-31(18-24(2)37(23)40)47-16-8-9-30(19-28-10-11-29-14-15-44(6)34(29)20-28)32-12-13-33(39)36(35-26(4)43-45(7)27(35)5)38(32)41-21-25(3)42-22-46;1-2(3)4/h10-15,17-18,20,22,25,30,41H,8-9,16,19,21H2,1-7H3,(H,42,46);1H3,(H,3,4). The number of carboxylic acids is 1. The van der Waals surface area contributed by atoms with Crippen molar-refractivity contribution in [3.8, 4) is 16.9 Å². The number of carbonyl (C=O) groups excluding carboxylic acids is 1. The molecule has 0 bridgehead atoms. The summed E-state index contributed by atoms with van der Waals surface area (Å²) in [6.07, 6.45) is 5.42. The minimum atomic E-state index is -0.833. The van der Waals surface area contributed by atoms with E-state index in [1.54, 1.807) is 0 Å². The van der Waals surface area contributed by atoms with Crippen LogP contribution < -0.4 is 15.4 Å². The van der Waals surface area contributed by atoms with Crippen molar-refractivity contribution in [2.75, 3.05) is 18.5 Å². The molecule has 1 amide bonds. The lowest BCUT2D eigenvalue weighted by atomic mass is 9.84. The fraction of sp³-hybridized carbons (Fsp3) is 0.375. The Morgan fingerprint density at radius 1 is 1.02 bits per heavy atom. The Morgan fingerprint density at radius 3 is 2.33 bits per heavy atom. The van der Waals surface area contributed by atoms with Crippen LogP contribution in [0, 0.1) is 27.7 Å². The number of benzene rings is 3. The number of carboxylic acid groups (broad SMARTS) is 1. The minimum Gasteiger partial charge on any atom is -0.494 e. The summed E-state index contributed by atoms with van der Waals surface area (Å²) < 4.78 is 10.3. The third-order valence-electron chi connectivity index (χ3n) is 9.13. The van der Waals surface area contributed by atoms with E-state index in [1.165, 1.54) is 22.0 Å². The quantitative estimate of drug-likeness (QED) is 0.0777. The lowest BCUT2D eigenvalue weighted by Gasteiger charge is -2.26. The Balaban J connectivity index is 0.00000138. The van der Waals surface area contributed by atoms with Crippen molar-refractivity contribution in [3.63, 3.8) is 0 Å². The van der Waals surface area contributed by atoms with Crippen LogP contribution in [0.2, 0.25) is 10.0 Å². The van der Waals surface area contributed by atoms with Crippen LogP contribution in [0.5, 0.6) is 5.75 Å². The molecule has 9 nitrogen and oxygen atoms in total. The number of amides is 1. The molecule has 11 heteroatoms. The molecule has 3 aromatic carbocycles. The van der Waals surface area contributed by atoms with Crippen LogP contribution in [-0.4, -0.2) is 51.0 Å². The average molecular weight is 735 g/mol. The molecule has 5 rings (SSSR count). The summed E-state index contributed by atoms with van der Waals surface area (Å²) in [6, 6.07) is 17.0. The van der Waals surface area contributed by atoms with Crippen LogP contribution in [0.4, 0.5) is 5.69 Å². The summed E-state index contributed by atoms with van der Waals surface area (Å²) in [7, 11) is 4.04. The molecule has 3 N–H and O–H groups in total. The summed E-state index contributed by atoms with van der Waals surface area (Å²) in [5.74, 6) is 0.153. The first-order chi connectivity index (χ1) is 24.2. The number of ether oxygens (including phenoxy) is 1. The Hall–Kier alpha value is -4.47. The summed E-state index contributed by atoms with van der Waals surface area (Å²) >= 11 is 13.5. The van der Waals surface area contributed by atoms with E-state index in [-0.39, 0.29) is 12.0 Å². The van der Waals surface area contributed by atoms with Crippen LogP contribution >= 0.6 is 23.2 Å². The molecule has 51 heavy (non-hydrogen) atoms. The van der Waals surface area contributed by atoms with Crippen molar-refractivity contribution in [2.45, 2.75) is 72.8 Å². The molecule has 0 radical (unpaired) electrons. The molecule has 0 fully saturated rings. The number of carbonyl (C=O) groups is 2. The number of aryl methyl sites for hydroxylation is 5. The lowest BCUT2D eigenvalue weighted by molar-refractivity contribution is -0.134. The maximum atomic E-state index is 11.2. The number of aliphatic carboxylic acids is 1. The van der Waals surface area contributed by atoms with Crippen molar-refractivity contribution < 1.29 is 19.4 Å². The molecule has 0 aliphatic rings. The molecule has 2 atom stereocenters. The third-order valence-corrected chi connectivity index (χ3v) is 10.0. The van der Waals surface area contributed by atoms with E-state index in [2.05, 4.69) is 65.7 Å². The normalized spacial score (nSPS) is 12.2. The largest absolute Gasteiger partial charge is 0.494 e. The smallest absolute Gasteiger partial charge is 0.300 e. The topological polar surface area (TPSA) is 110 Å². The van der Waals surface area contributed by atoms with Crippen molar-refractivity contribution in [1.82, 2.24) is 19.7 Å². The second kappa shape index (κ2) is 17.6. The van der Waals surface area contributed by atoms with E-state index in [1.807, 2.05) is 57.6 Å². The molecule has 2 unspecified atom stereocenters. The highest BCUT2D eigenvalue weighted by molar-refractivity contribution is 6.34. The van der Waals surface area contributed by atoms with Crippen molar-refractivity contribution in [1.29, 1.82) is 0 Å². The predicted octanol–water partition coefficient (Wildman–Crippen LogP) is 8.94. The third kappa shape index (κ3) is 9.86. The number of hydrogen-bond donors (Lipinski definition) is 3. The maximum Gasteiger partial charge on any atom is 0.300 e. The number of rotatable bonds is 14. The molecular formula is C40H49Cl2N5O4. The van der Waals surface area contributed by atoms with Gasteiger partial charge in [-0.15, -0.1) is 0 Å². The van der Waals surface area contributed by atoms with Gasteiger partial charge in [0.25, 0.3) is 5.97 Å². The van der Waals surface area contributed by atoms with Crippen molar-refractivity contribution >= 4 is 52.2 Å². The fourth-order valence-corrected chi connectivity index (χ4v) is 6.89. The Labute approximate surface area is 310 Å². The van der Waals surface area contributed by atoms with Gasteiger partial charge in [0.05, 0.1) is 17.3 Å². The predicted molar refractivity (Wildman–Crippen MR) is 209 cm³/mol. The van der Waals surface area contributed by atoms with Gasteiger partial charge in [-0.05, 0) is 118 Å². The van der Waals surface area contributed by atoms with Gasteiger partial charge in [-0.3, -0.25) is 14.3 Å². The number of nitrogens with zero attached hydrogens (tertiary/aromatic N) is 3. The van der Waals surface area contributed by atoms with E-state index in [0.717, 1.165) is 82.7 Å². The van der Waals surface area contributed by atoms with Gasteiger partial charge in [-0.2, -0.15) is 5.10 Å². The molecule has 0 aliphatic carbocycles. The minimum absolute atomic E-state index is 0.0823. The van der Waals surface area contributed by atoms with Gasteiger partial charge >= 0.3 is 0 Å². The van der Waals surface area contributed by atoms with E-state index < -0.39 is 5.97 Å². The molecule has 272 valence electrons. The number of hydrogen-bond acceptors (Lipinski definition) is 5. The van der Waals surface area contributed by atoms with Crippen LogP contribution in [0.1, 0.15) is 66.2 Å². The van der Waals surface area contributed by atoms with Gasteiger partial charge in [0.2, 0.25) is 6.41 Å². The van der Waals surface area contributed by atoms with Crippen LogP contribution in [0.15, 0.2) is 54.7 Å². The van der Waals surface area contributed by atoms with E-state index in [9.17, 15) is 4.79 Å². The van der Waals surface area contributed by atoms with Gasteiger partial charge in [-0.1, -0.05) is 41.4 Å². The first kappa shape index (κ1) is 39.3. The Morgan fingerprint density at radius 2 is 1.71 bits per heavy atom. The van der Waals surface area contributed by atoms with E-state index in [4.69, 9.17) is 42.9 Å². The maximum absolute atomic E-state index is 11.2. The molecule has 0 saturated carbocycles. The Bertz CT molecular complexity index is 1970. The number of halogens is 2. The zero-order valence-corrected chi connectivity index (χ0v) is 32.2. The molecule has 0 spiro atoms. The highest BCUT2D eigenvalue weighted by atomic mass is 35.5. The summed E-state index contributed by atoms with van der Waals surface area (Å²) in [4.78, 5) is 20.2. The number of anilines is 1. The second-order valence-electron chi connectivity index (χ2n) is 13.2. The van der Waals surface area contributed by atoms with Crippen LogP contribution in [0.25, 0.3) is 22.0 Å². The highest BCUT2D eigenvalue weighted by Crippen LogP contribution is 2.44. The average Bonchev–Trinajstić information content (AvgIpc) is 3.56. The fourth-order valence-electron chi connectivity index (χ4n) is 6.53. The first-order valence-electron chi connectivity index (χ1n) is 17.1. The van der Waals surface area contributed by atoms with E-state index >= 15 is 0 Å². The molecule has 2 aromatic heterocycles. The van der Waals surface area contributed by atoms with Crippen LogP contribution in [-0.2, 0) is 30.1 Å². The lowest BCUT2D eigenvalue weighted by Crippen LogP contribution is -2.32. The van der Waals surface area contributed by atoms with Gasteiger partial charge in [0.15, 0.2) is 0 Å². The van der Waals surface area contributed by atoms with Crippen molar-refractivity contribution in [3.05, 3.63) is 98.4 Å². The summed E-state index contributed by atoms with van der Waals surface area (Å²) in [5, 5.41) is 21.4.